The molecule has 2 atom stereocenters. The topological polar surface area (TPSA) is 75.1 Å². The fourth-order valence-corrected chi connectivity index (χ4v) is 5.26. The fraction of sp³-hybridized carbons (Fsp3) is 0.240. The first-order valence-electron chi connectivity index (χ1n) is 10.6. The Kier molecular flexibility index (Phi) is 6.55. The molecule has 0 radical (unpaired) electrons. The number of amidine groups is 1. The Balaban J connectivity index is 1.82. The summed E-state index contributed by atoms with van der Waals surface area (Å²) in [6.45, 7) is 4.49. The van der Waals surface area contributed by atoms with E-state index in [1.807, 2.05) is 74.5 Å². The molecule has 1 saturated heterocycles. The first-order valence-corrected chi connectivity index (χ1v) is 11.7. The molecule has 4 rings (SSSR count). The predicted molar refractivity (Wildman–Crippen MR) is 132 cm³/mol. The van der Waals surface area contributed by atoms with Crippen LogP contribution in [0.2, 0.25) is 0 Å². The number of rotatable bonds is 7. The summed E-state index contributed by atoms with van der Waals surface area (Å²) in [7, 11) is 3.15. The Bertz CT molecular complexity index is 1170. The molecule has 0 aromatic heterocycles. The van der Waals surface area contributed by atoms with E-state index in [0.717, 1.165) is 22.6 Å². The largest absolute Gasteiger partial charge is 0.494 e. The van der Waals surface area contributed by atoms with Gasteiger partial charge in [0.1, 0.15) is 17.6 Å². The molecule has 2 unspecified atom stereocenters. The van der Waals surface area contributed by atoms with Gasteiger partial charge in [-0.3, -0.25) is 9.71 Å². The number of nitrogens with one attached hydrogen (secondary N) is 1. The van der Waals surface area contributed by atoms with E-state index >= 15 is 0 Å². The van der Waals surface area contributed by atoms with E-state index in [9.17, 15) is 4.21 Å². The Morgan fingerprint density at radius 1 is 0.909 bits per heavy atom. The number of nitrogens with zero attached hydrogens (tertiary/aromatic N) is 2. The standard InChI is InChI=1S/C25H27N3O4S/c1-5-32-21-13-11-19(12-14-21)27-24(18-8-15-22(30-3)23(16-18)31-4)25(26)28(33(27)29)20-9-6-17(2)7-10-20/h6-16,24,26H,5H2,1-4H3. The first kappa shape index (κ1) is 22.7. The molecular formula is C25H27N3O4S. The molecule has 0 bridgehead atoms. The average Bonchev–Trinajstić information content (AvgIpc) is 3.10. The second kappa shape index (κ2) is 9.54. The van der Waals surface area contributed by atoms with Crippen molar-refractivity contribution >= 4 is 28.4 Å². The second-order valence-electron chi connectivity index (χ2n) is 7.52. The molecule has 0 spiro atoms. The molecule has 0 saturated carbocycles. The van der Waals surface area contributed by atoms with Crippen LogP contribution in [0.1, 0.15) is 24.1 Å². The average molecular weight is 466 g/mol. The predicted octanol–water partition coefficient (Wildman–Crippen LogP) is 5.03. The number of hydrogen-bond acceptors (Lipinski definition) is 5. The monoisotopic (exact) mass is 465 g/mol. The van der Waals surface area contributed by atoms with Crippen molar-refractivity contribution in [3.63, 3.8) is 0 Å². The highest BCUT2D eigenvalue weighted by Gasteiger charge is 2.44. The molecule has 1 N–H and O–H groups in total. The lowest BCUT2D eigenvalue weighted by Gasteiger charge is -2.24. The molecule has 1 heterocycles. The van der Waals surface area contributed by atoms with Crippen molar-refractivity contribution < 1.29 is 18.4 Å². The molecule has 8 heteroatoms. The minimum Gasteiger partial charge on any atom is -0.494 e. The van der Waals surface area contributed by atoms with Crippen LogP contribution in [0.5, 0.6) is 17.2 Å². The van der Waals surface area contributed by atoms with Gasteiger partial charge < -0.3 is 14.2 Å². The minimum absolute atomic E-state index is 0.207. The third-order valence-corrected chi connectivity index (χ3v) is 6.91. The van der Waals surface area contributed by atoms with E-state index < -0.39 is 17.2 Å². The van der Waals surface area contributed by atoms with Crippen LogP contribution in [0.4, 0.5) is 11.4 Å². The van der Waals surface area contributed by atoms with Crippen molar-refractivity contribution in [2.24, 2.45) is 0 Å². The van der Waals surface area contributed by atoms with Crippen molar-refractivity contribution in [3.8, 4) is 17.2 Å². The van der Waals surface area contributed by atoms with Crippen LogP contribution in [-0.2, 0) is 11.2 Å². The van der Waals surface area contributed by atoms with Crippen molar-refractivity contribution in [3.05, 3.63) is 77.9 Å². The third-order valence-electron chi connectivity index (χ3n) is 5.43. The van der Waals surface area contributed by atoms with E-state index in [2.05, 4.69) is 0 Å². The highest BCUT2D eigenvalue weighted by molar-refractivity contribution is 7.89. The van der Waals surface area contributed by atoms with Crippen LogP contribution in [0.15, 0.2) is 66.7 Å². The normalized spacial score (nSPS) is 17.9. The van der Waals surface area contributed by atoms with Crippen molar-refractivity contribution in [2.45, 2.75) is 19.9 Å². The maximum atomic E-state index is 13.8. The van der Waals surface area contributed by atoms with Crippen LogP contribution in [-0.4, -0.2) is 30.9 Å². The zero-order valence-electron chi connectivity index (χ0n) is 19.1. The number of hydrogen-bond donors (Lipinski definition) is 1. The molecule has 172 valence electrons. The van der Waals surface area contributed by atoms with Gasteiger partial charge in [-0.05, 0) is 67.9 Å². The number of anilines is 2. The first-order chi connectivity index (χ1) is 16.0. The zero-order chi connectivity index (χ0) is 23.5. The molecular weight excluding hydrogens is 438 g/mol. The molecule has 1 aliphatic heterocycles. The molecule has 33 heavy (non-hydrogen) atoms. The quantitative estimate of drug-likeness (QED) is 0.531. The van der Waals surface area contributed by atoms with Gasteiger partial charge in [-0.15, -0.1) is 0 Å². The van der Waals surface area contributed by atoms with Gasteiger partial charge in [0.2, 0.25) is 11.2 Å². The Morgan fingerprint density at radius 3 is 2.15 bits per heavy atom. The van der Waals surface area contributed by atoms with Gasteiger partial charge in [0, 0.05) is 0 Å². The van der Waals surface area contributed by atoms with E-state index in [1.165, 1.54) is 0 Å². The summed E-state index contributed by atoms with van der Waals surface area (Å²) in [6.07, 6.45) is 0. The summed E-state index contributed by atoms with van der Waals surface area (Å²) in [4.78, 5) is 0. The van der Waals surface area contributed by atoms with Crippen LogP contribution in [0.3, 0.4) is 0 Å². The summed E-state index contributed by atoms with van der Waals surface area (Å²) in [5, 5.41) is 9.03. The Hall–Kier alpha value is -3.52. The highest BCUT2D eigenvalue weighted by Crippen LogP contribution is 2.42. The van der Waals surface area contributed by atoms with E-state index in [4.69, 9.17) is 19.6 Å². The molecule has 3 aromatic carbocycles. The maximum Gasteiger partial charge on any atom is 0.232 e. The van der Waals surface area contributed by atoms with E-state index in [-0.39, 0.29) is 5.84 Å². The molecule has 0 aliphatic carbocycles. The summed E-state index contributed by atoms with van der Waals surface area (Å²) >= 11 is -1.66. The number of methoxy groups -OCH3 is 2. The molecule has 7 nitrogen and oxygen atoms in total. The Labute approximate surface area is 196 Å². The van der Waals surface area contributed by atoms with Crippen molar-refractivity contribution in [1.29, 1.82) is 5.41 Å². The number of benzene rings is 3. The fourth-order valence-electron chi connectivity index (χ4n) is 3.81. The third kappa shape index (κ3) is 4.26. The smallest absolute Gasteiger partial charge is 0.232 e. The van der Waals surface area contributed by atoms with Gasteiger partial charge in [-0.25, -0.2) is 8.51 Å². The van der Waals surface area contributed by atoms with Gasteiger partial charge in [0.15, 0.2) is 11.5 Å². The molecule has 0 amide bonds. The van der Waals surface area contributed by atoms with Crippen molar-refractivity contribution in [1.82, 2.24) is 0 Å². The van der Waals surface area contributed by atoms with Gasteiger partial charge in [0.05, 0.1) is 32.2 Å². The number of ether oxygens (including phenoxy) is 3. The SMILES string of the molecule is CCOc1ccc(N2C(c3ccc(OC)c(OC)c3)C(=N)N(c3ccc(C)cc3)S2=O)cc1. The van der Waals surface area contributed by atoms with Gasteiger partial charge >= 0.3 is 0 Å². The van der Waals surface area contributed by atoms with Crippen LogP contribution in [0.25, 0.3) is 0 Å². The summed E-state index contributed by atoms with van der Waals surface area (Å²) < 4.78 is 33.5. The van der Waals surface area contributed by atoms with Gasteiger partial charge in [0.25, 0.3) is 0 Å². The molecule has 1 aliphatic rings. The van der Waals surface area contributed by atoms with Gasteiger partial charge in [-0.2, -0.15) is 0 Å². The van der Waals surface area contributed by atoms with Crippen molar-refractivity contribution in [2.75, 3.05) is 29.4 Å². The minimum atomic E-state index is -1.66. The van der Waals surface area contributed by atoms with Crippen LogP contribution >= 0.6 is 0 Å². The molecule has 1 fully saturated rings. The van der Waals surface area contributed by atoms with Gasteiger partial charge in [-0.1, -0.05) is 23.8 Å². The summed E-state index contributed by atoms with van der Waals surface area (Å²) in [5.74, 6) is 2.08. The molecule has 3 aromatic rings. The summed E-state index contributed by atoms with van der Waals surface area (Å²) in [5.41, 5.74) is 3.28. The van der Waals surface area contributed by atoms with Crippen LogP contribution in [0, 0.1) is 12.3 Å². The lowest BCUT2D eigenvalue weighted by Crippen LogP contribution is -2.27. The number of aryl methyl sites for hydroxylation is 1. The Morgan fingerprint density at radius 2 is 1.55 bits per heavy atom. The lowest BCUT2D eigenvalue weighted by atomic mass is 10.0. The van der Waals surface area contributed by atoms with E-state index in [0.29, 0.717) is 23.8 Å². The van der Waals surface area contributed by atoms with Crippen LogP contribution < -0.4 is 22.8 Å². The second-order valence-corrected chi connectivity index (χ2v) is 8.74. The zero-order valence-corrected chi connectivity index (χ0v) is 19.9. The van der Waals surface area contributed by atoms with E-state index in [1.54, 1.807) is 28.9 Å². The summed E-state index contributed by atoms with van der Waals surface area (Å²) in [6, 6.07) is 20.0. The lowest BCUT2D eigenvalue weighted by molar-refractivity contribution is 0.340. The maximum absolute atomic E-state index is 13.8. The highest BCUT2D eigenvalue weighted by atomic mass is 32.2.